The summed E-state index contributed by atoms with van der Waals surface area (Å²) in [6.45, 7) is 7.23. The average molecular weight is 342 g/mol. The van der Waals surface area contributed by atoms with Crippen LogP contribution in [0.2, 0.25) is 0 Å². The van der Waals surface area contributed by atoms with Crippen LogP contribution in [0.4, 0.5) is 0 Å². The Morgan fingerprint density at radius 3 is 2.70 bits per heavy atom. The normalized spacial score (nSPS) is 23.1. The van der Waals surface area contributed by atoms with E-state index in [9.17, 15) is 5.11 Å². The summed E-state index contributed by atoms with van der Waals surface area (Å²) >= 11 is 3.58. The third-order valence-electron chi connectivity index (χ3n) is 3.53. The first-order chi connectivity index (χ1) is 9.35. The first kappa shape index (κ1) is 15.8. The second kappa shape index (κ2) is 6.46. The van der Waals surface area contributed by atoms with E-state index in [2.05, 4.69) is 42.0 Å². The number of hydrogen-bond donors (Lipinski definition) is 2. The Kier molecular flexibility index (Phi) is 5.10. The Bertz CT molecular complexity index is 456. The Morgan fingerprint density at radius 2 is 2.10 bits per heavy atom. The molecule has 2 unspecified atom stereocenters. The Balaban J connectivity index is 2.04. The van der Waals surface area contributed by atoms with Crippen molar-refractivity contribution >= 4 is 15.9 Å². The summed E-state index contributed by atoms with van der Waals surface area (Å²) in [6.07, 6.45) is 2.45. The van der Waals surface area contributed by atoms with Crippen molar-refractivity contribution in [3.8, 4) is 5.75 Å². The van der Waals surface area contributed by atoms with Crippen molar-refractivity contribution < 1.29 is 9.84 Å². The van der Waals surface area contributed by atoms with E-state index in [1.807, 2.05) is 18.2 Å². The van der Waals surface area contributed by atoms with E-state index < -0.39 is 0 Å². The minimum absolute atomic E-state index is 0.0559. The fourth-order valence-electron chi connectivity index (χ4n) is 2.34. The molecule has 0 aromatic heterocycles. The van der Waals surface area contributed by atoms with Gasteiger partial charge in [0.1, 0.15) is 11.9 Å². The van der Waals surface area contributed by atoms with Gasteiger partial charge in [0.15, 0.2) is 0 Å². The second-order valence-electron chi connectivity index (χ2n) is 6.51. The predicted octanol–water partition coefficient (Wildman–Crippen LogP) is 3.63. The maximum Gasteiger partial charge on any atom is 0.124 e. The molecule has 1 aliphatic rings. The van der Waals surface area contributed by atoms with Crippen molar-refractivity contribution in [2.24, 2.45) is 0 Å². The molecule has 0 spiro atoms. The van der Waals surface area contributed by atoms with Gasteiger partial charge in [-0.3, -0.25) is 0 Å². The van der Waals surface area contributed by atoms with Crippen LogP contribution in [-0.4, -0.2) is 22.9 Å². The van der Waals surface area contributed by atoms with Crippen LogP contribution >= 0.6 is 15.9 Å². The van der Waals surface area contributed by atoms with Crippen molar-refractivity contribution in [2.45, 2.75) is 64.3 Å². The van der Waals surface area contributed by atoms with Crippen LogP contribution in [0.25, 0.3) is 0 Å². The molecule has 1 aromatic carbocycles. The molecular weight excluding hydrogens is 318 g/mol. The third kappa shape index (κ3) is 4.47. The molecule has 0 aliphatic heterocycles. The van der Waals surface area contributed by atoms with Gasteiger partial charge >= 0.3 is 0 Å². The number of rotatable bonds is 4. The molecule has 0 saturated heterocycles. The lowest BCUT2D eigenvalue weighted by Crippen LogP contribution is -2.35. The van der Waals surface area contributed by atoms with Crippen molar-refractivity contribution in [1.29, 1.82) is 0 Å². The van der Waals surface area contributed by atoms with E-state index in [4.69, 9.17) is 4.74 Å². The highest BCUT2D eigenvalue weighted by molar-refractivity contribution is 9.10. The minimum Gasteiger partial charge on any atom is -0.488 e. The molecule has 1 aliphatic carbocycles. The monoisotopic (exact) mass is 341 g/mol. The molecule has 0 radical (unpaired) electrons. The molecule has 1 fully saturated rings. The van der Waals surface area contributed by atoms with Crippen LogP contribution in [-0.2, 0) is 6.54 Å². The van der Waals surface area contributed by atoms with Crippen LogP contribution in [0, 0.1) is 0 Å². The van der Waals surface area contributed by atoms with Gasteiger partial charge in [-0.1, -0.05) is 15.9 Å². The van der Waals surface area contributed by atoms with E-state index in [1.165, 1.54) is 5.56 Å². The number of aliphatic hydroxyl groups excluding tert-OH is 1. The van der Waals surface area contributed by atoms with Gasteiger partial charge in [-0.2, -0.15) is 0 Å². The molecule has 1 aromatic rings. The van der Waals surface area contributed by atoms with Gasteiger partial charge in [0, 0.05) is 16.6 Å². The summed E-state index contributed by atoms with van der Waals surface area (Å²) in [7, 11) is 0. The van der Waals surface area contributed by atoms with Crippen molar-refractivity contribution in [3.05, 3.63) is 28.2 Å². The lowest BCUT2D eigenvalue weighted by Gasteiger charge is -2.22. The summed E-state index contributed by atoms with van der Waals surface area (Å²) < 4.78 is 6.99. The summed E-state index contributed by atoms with van der Waals surface area (Å²) in [5.41, 5.74) is 1.25. The predicted molar refractivity (Wildman–Crippen MR) is 85.0 cm³/mol. The van der Waals surface area contributed by atoms with Crippen LogP contribution < -0.4 is 10.1 Å². The lowest BCUT2D eigenvalue weighted by atomic mass is 10.1. The van der Waals surface area contributed by atoms with Gasteiger partial charge < -0.3 is 15.2 Å². The SMILES string of the molecule is CC(C)(C)NCc1cc(OC2CCCC2O)ccc1Br. The molecule has 2 N–H and O–H groups in total. The largest absolute Gasteiger partial charge is 0.488 e. The lowest BCUT2D eigenvalue weighted by molar-refractivity contribution is 0.0603. The van der Waals surface area contributed by atoms with E-state index in [0.717, 1.165) is 36.0 Å². The molecule has 112 valence electrons. The number of aliphatic hydroxyl groups is 1. The van der Waals surface area contributed by atoms with Gasteiger partial charge in [-0.25, -0.2) is 0 Å². The summed E-state index contributed by atoms with van der Waals surface area (Å²) in [5.74, 6) is 0.838. The number of ether oxygens (including phenoxy) is 1. The zero-order valence-electron chi connectivity index (χ0n) is 12.4. The molecule has 1 saturated carbocycles. The molecule has 0 heterocycles. The average Bonchev–Trinajstić information content (AvgIpc) is 2.75. The second-order valence-corrected chi connectivity index (χ2v) is 7.37. The number of benzene rings is 1. The molecule has 0 amide bonds. The zero-order valence-corrected chi connectivity index (χ0v) is 14.0. The fourth-order valence-corrected chi connectivity index (χ4v) is 2.73. The first-order valence-electron chi connectivity index (χ1n) is 7.23. The third-order valence-corrected chi connectivity index (χ3v) is 4.31. The molecule has 3 nitrogen and oxygen atoms in total. The standard InChI is InChI=1S/C16H24BrNO2/c1-16(2,3)18-10-11-9-12(7-8-13(11)17)20-15-6-4-5-14(15)19/h7-9,14-15,18-19H,4-6,10H2,1-3H3. The topological polar surface area (TPSA) is 41.5 Å². The highest BCUT2D eigenvalue weighted by Crippen LogP contribution is 2.28. The van der Waals surface area contributed by atoms with Crippen molar-refractivity contribution in [2.75, 3.05) is 0 Å². The molecular formula is C16H24BrNO2. The maximum atomic E-state index is 9.84. The van der Waals surface area contributed by atoms with Crippen LogP contribution in [0.1, 0.15) is 45.6 Å². The zero-order chi connectivity index (χ0) is 14.8. The van der Waals surface area contributed by atoms with Crippen LogP contribution in [0.5, 0.6) is 5.75 Å². The van der Waals surface area contributed by atoms with Gasteiger partial charge in [0.25, 0.3) is 0 Å². The molecule has 2 atom stereocenters. The van der Waals surface area contributed by atoms with Crippen molar-refractivity contribution in [3.63, 3.8) is 0 Å². The van der Waals surface area contributed by atoms with Crippen molar-refractivity contribution in [1.82, 2.24) is 5.32 Å². The quantitative estimate of drug-likeness (QED) is 0.878. The maximum absolute atomic E-state index is 9.84. The molecule has 4 heteroatoms. The smallest absolute Gasteiger partial charge is 0.124 e. The van der Waals surface area contributed by atoms with E-state index >= 15 is 0 Å². The number of hydrogen-bond acceptors (Lipinski definition) is 3. The molecule has 0 bridgehead atoms. The fraction of sp³-hybridized carbons (Fsp3) is 0.625. The van der Waals surface area contributed by atoms with Gasteiger partial charge in [-0.05, 0) is 63.8 Å². The summed E-state index contributed by atoms with van der Waals surface area (Å²) in [5, 5.41) is 13.3. The summed E-state index contributed by atoms with van der Waals surface area (Å²) in [4.78, 5) is 0. The molecule has 2 rings (SSSR count). The highest BCUT2D eigenvalue weighted by atomic mass is 79.9. The van der Waals surface area contributed by atoms with E-state index in [-0.39, 0.29) is 17.7 Å². The van der Waals surface area contributed by atoms with Gasteiger partial charge in [0.05, 0.1) is 6.10 Å². The van der Waals surface area contributed by atoms with Gasteiger partial charge in [-0.15, -0.1) is 0 Å². The Morgan fingerprint density at radius 1 is 1.35 bits per heavy atom. The summed E-state index contributed by atoms with van der Waals surface area (Å²) in [6, 6.07) is 6.01. The first-order valence-corrected chi connectivity index (χ1v) is 8.02. The number of nitrogens with one attached hydrogen (secondary N) is 1. The minimum atomic E-state index is -0.324. The van der Waals surface area contributed by atoms with E-state index in [0.29, 0.717) is 0 Å². The van der Waals surface area contributed by atoms with Crippen LogP contribution in [0.15, 0.2) is 22.7 Å². The molecule has 20 heavy (non-hydrogen) atoms. The van der Waals surface area contributed by atoms with Gasteiger partial charge in [0.2, 0.25) is 0 Å². The highest BCUT2D eigenvalue weighted by Gasteiger charge is 2.27. The van der Waals surface area contributed by atoms with Crippen LogP contribution in [0.3, 0.4) is 0 Å². The Hall–Kier alpha value is -0.580. The van der Waals surface area contributed by atoms with E-state index in [1.54, 1.807) is 0 Å². The Labute approximate surface area is 129 Å². The number of halogens is 1.